The number of aliphatic hydroxyl groups is 1. The molecule has 1 atom stereocenters. The summed E-state index contributed by atoms with van der Waals surface area (Å²) in [6.45, 7) is 2.65. The Bertz CT molecular complexity index is 1680. The standard InChI is InChI=1S/C32H29Cl2N3O5S2/c1-3-4-5-16-42-24-15-10-21(17-25(24)41-2)27-26(28(38)20-8-13-23(34)14-9-20)29(39)30(40)37(27)31-35-36-32(44-31)43-18-19-6-11-22(33)12-7-19/h6-15,17,27,38H,3-5,16,18H2,1-2H3/b28-26-. The fraction of sp³-hybridized carbons (Fsp3) is 0.250. The zero-order valence-electron chi connectivity index (χ0n) is 24.0. The average Bonchev–Trinajstić information content (AvgIpc) is 3.60. The molecule has 1 aromatic heterocycles. The number of nitrogens with zero attached hydrogens (tertiary/aromatic N) is 3. The predicted molar refractivity (Wildman–Crippen MR) is 175 cm³/mol. The van der Waals surface area contributed by atoms with Crippen molar-refractivity contribution in [1.82, 2.24) is 10.2 Å². The number of Topliss-reactive ketones (excluding diaryl/α,β-unsaturated/α-hetero) is 1. The molecule has 2 heterocycles. The number of anilines is 1. The molecule has 1 N–H and O–H groups in total. The molecule has 0 saturated carbocycles. The molecule has 1 amide bonds. The van der Waals surface area contributed by atoms with Crippen LogP contribution in [0.15, 0.2) is 76.6 Å². The molecule has 4 aromatic rings. The highest BCUT2D eigenvalue weighted by Crippen LogP contribution is 2.45. The van der Waals surface area contributed by atoms with Gasteiger partial charge in [-0.3, -0.25) is 14.5 Å². The Morgan fingerprint density at radius 2 is 1.68 bits per heavy atom. The number of amides is 1. The smallest absolute Gasteiger partial charge is 0.301 e. The second-order valence-electron chi connectivity index (χ2n) is 9.91. The van der Waals surface area contributed by atoms with E-state index < -0.39 is 17.7 Å². The highest BCUT2D eigenvalue weighted by Gasteiger charge is 2.48. The van der Waals surface area contributed by atoms with E-state index in [0.717, 1.165) is 24.8 Å². The van der Waals surface area contributed by atoms with E-state index in [1.54, 1.807) is 42.5 Å². The highest BCUT2D eigenvalue weighted by molar-refractivity contribution is 8.00. The quantitative estimate of drug-likeness (QED) is 0.0401. The average molecular weight is 671 g/mol. The number of ether oxygens (including phenoxy) is 2. The van der Waals surface area contributed by atoms with E-state index in [9.17, 15) is 14.7 Å². The van der Waals surface area contributed by atoms with Crippen molar-refractivity contribution in [3.8, 4) is 11.5 Å². The van der Waals surface area contributed by atoms with Gasteiger partial charge in [-0.25, -0.2) is 0 Å². The van der Waals surface area contributed by atoms with Crippen molar-refractivity contribution < 1.29 is 24.2 Å². The molecule has 5 rings (SSSR count). The number of carbonyl (C=O) groups excluding carboxylic acids is 2. The van der Waals surface area contributed by atoms with Crippen LogP contribution in [0.4, 0.5) is 5.13 Å². The van der Waals surface area contributed by atoms with Crippen molar-refractivity contribution >= 4 is 68.9 Å². The first-order valence-electron chi connectivity index (χ1n) is 13.9. The molecule has 44 heavy (non-hydrogen) atoms. The lowest BCUT2D eigenvalue weighted by molar-refractivity contribution is -0.132. The number of hydrogen-bond acceptors (Lipinski definition) is 9. The molecule has 228 valence electrons. The fourth-order valence-corrected chi connectivity index (χ4v) is 6.78. The van der Waals surface area contributed by atoms with E-state index in [1.807, 2.05) is 24.3 Å². The van der Waals surface area contributed by atoms with Crippen LogP contribution in [0.2, 0.25) is 10.0 Å². The van der Waals surface area contributed by atoms with Crippen LogP contribution >= 0.6 is 46.3 Å². The van der Waals surface area contributed by atoms with Gasteiger partial charge in [-0.05, 0) is 66.1 Å². The number of thioether (sulfide) groups is 1. The van der Waals surface area contributed by atoms with E-state index in [0.29, 0.717) is 49.4 Å². The fourth-order valence-electron chi connectivity index (χ4n) is 4.70. The van der Waals surface area contributed by atoms with Crippen molar-refractivity contribution in [1.29, 1.82) is 0 Å². The molecule has 1 aliphatic rings. The van der Waals surface area contributed by atoms with Gasteiger partial charge in [0.05, 0.1) is 25.3 Å². The third kappa shape index (κ3) is 7.04. The van der Waals surface area contributed by atoms with Crippen molar-refractivity contribution in [3.63, 3.8) is 0 Å². The number of halogens is 2. The number of aromatic nitrogens is 2. The summed E-state index contributed by atoms with van der Waals surface area (Å²) in [6, 6.07) is 18.1. The molecule has 0 bridgehead atoms. The van der Waals surface area contributed by atoms with E-state index >= 15 is 0 Å². The molecule has 1 unspecified atom stereocenters. The number of unbranched alkanes of at least 4 members (excludes halogenated alkanes) is 2. The molecule has 3 aromatic carbocycles. The molecule has 1 saturated heterocycles. The molecule has 0 aliphatic carbocycles. The number of hydrogen-bond donors (Lipinski definition) is 1. The van der Waals surface area contributed by atoms with Crippen molar-refractivity contribution in [2.24, 2.45) is 0 Å². The van der Waals surface area contributed by atoms with Gasteiger partial charge in [0.25, 0.3) is 5.78 Å². The van der Waals surface area contributed by atoms with Gasteiger partial charge < -0.3 is 14.6 Å². The zero-order valence-corrected chi connectivity index (χ0v) is 27.1. The third-order valence-corrected chi connectivity index (χ3v) is 9.58. The highest BCUT2D eigenvalue weighted by atomic mass is 35.5. The Balaban J connectivity index is 1.53. The van der Waals surface area contributed by atoms with Gasteiger partial charge in [-0.2, -0.15) is 0 Å². The summed E-state index contributed by atoms with van der Waals surface area (Å²) in [6.07, 6.45) is 3.01. The SMILES string of the molecule is CCCCCOc1ccc(C2/C(=C(/O)c3ccc(Cl)cc3)C(=O)C(=O)N2c2nnc(SCc3ccc(Cl)cc3)s2)cc1OC. The number of carbonyl (C=O) groups is 2. The van der Waals surface area contributed by atoms with Crippen LogP contribution < -0.4 is 14.4 Å². The van der Waals surface area contributed by atoms with Crippen LogP contribution in [0, 0.1) is 0 Å². The normalized spacial score (nSPS) is 16.0. The van der Waals surface area contributed by atoms with E-state index in [2.05, 4.69) is 17.1 Å². The Hall–Kier alpha value is -3.57. The van der Waals surface area contributed by atoms with Crippen LogP contribution in [-0.4, -0.2) is 40.7 Å². The lowest BCUT2D eigenvalue weighted by Crippen LogP contribution is -2.29. The molecule has 0 radical (unpaired) electrons. The maximum absolute atomic E-state index is 13.6. The third-order valence-electron chi connectivity index (χ3n) is 6.95. The summed E-state index contributed by atoms with van der Waals surface area (Å²) >= 11 is 14.7. The van der Waals surface area contributed by atoms with E-state index in [1.165, 1.54) is 35.1 Å². The van der Waals surface area contributed by atoms with Gasteiger partial charge in [0.2, 0.25) is 5.13 Å². The maximum atomic E-state index is 13.6. The molecule has 1 fully saturated rings. The van der Waals surface area contributed by atoms with Crippen LogP contribution in [0.1, 0.15) is 48.9 Å². The largest absolute Gasteiger partial charge is 0.507 e. The predicted octanol–water partition coefficient (Wildman–Crippen LogP) is 8.34. The van der Waals surface area contributed by atoms with Gasteiger partial charge in [0.1, 0.15) is 5.76 Å². The first kappa shape index (κ1) is 31.8. The summed E-state index contributed by atoms with van der Waals surface area (Å²) < 4.78 is 12.2. The molecule has 12 heteroatoms. The summed E-state index contributed by atoms with van der Waals surface area (Å²) in [7, 11) is 1.53. The Kier molecular flexibility index (Phi) is 10.5. The maximum Gasteiger partial charge on any atom is 0.301 e. The Labute approximate surface area is 273 Å². The van der Waals surface area contributed by atoms with Crippen molar-refractivity contribution in [3.05, 3.63) is 99.0 Å². The number of aliphatic hydroxyl groups excluding tert-OH is 1. The lowest BCUT2D eigenvalue weighted by atomic mass is 9.95. The lowest BCUT2D eigenvalue weighted by Gasteiger charge is -2.23. The number of methoxy groups -OCH3 is 1. The number of benzene rings is 3. The second kappa shape index (κ2) is 14.5. The van der Waals surface area contributed by atoms with Gasteiger partial charge in [0, 0.05) is 21.4 Å². The molecule has 0 spiro atoms. The van der Waals surface area contributed by atoms with Gasteiger partial charge in [0.15, 0.2) is 15.8 Å². The minimum absolute atomic E-state index is 0.0819. The van der Waals surface area contributed by atoms with Crippen molar-refractivity contribution in [2.45, 2.75) is 42.3 Å². The minimum atomic E-state index is -1.00. The van der Waals surface area contributed by atoms with E-state index in [4.69, 9.17) is 32.7 Å². The van der Waals surface area contributed by atoms with Crippen LogP contribution in [0.3, 0.4) is 0 Å². The second-order valence-corrected chi connectivity index (χ2v) is 13.0. The summed E-state index contributed by atoms with van der Waals surface area (Å²) in [4.78, 5) is 28.5. The number of rotatable bonds is 12. The van der Waals surface area contributed by atoms with Crippen LogP contribution in [0.25, 0.3) is 5.76 Å². The molecular weight excluding hydrogens is 641 g/mol. The summed E-state index contributed by atoms with van der Waals surface area (Å²) in [5, 5.41) is 21.3. The van der Waals surface area contributed by atoms with Crippen LogP contribution in [0.5, 0.6) is 11.5 Å². The Morgan fingerprint density at radius 3 is 2.36 bits per heavy atom. The minimum Gasteiger partial charge on any atom is -0.507 e. The first-order chi connectivity index (χ1) is 21.3. The van der Waals surface area contributed by atoms with E-state index in [-0.39, 0.29) is 16.5 Å². The first-order valence-corrected chi connectivity index (χ1v) is 16.4. The molecule has 8 nitrogen and oxygen atoms in total. The van der Waals surface area contributed by atoms with Gasteiger partial charge >= 0.3 is 5.91 Å². The topological polar surface area (TPSA) is 102 Å². The number of ketones is 1. The molecule has 1 aliphatic heterocycles. The van der Waals surface area contributed by atoms with Gasteiger partial charge in [-0.1, -0.05) is 84.3 Å². The summed E-state index contributed by atoms with van der Waals surface area (Å²) in [5.41, 5.74) is 1.84. The van der Waals surface area contributed by atoms with Gasteiger partial charge in [-0.15, -0.1) is 10.2 Å². The van der Waals surface area contributed by atoms with Crippen LogP contribution in [-0.2, 0) is 15.3 Å². The van der Waals surface area contributed by atoms with Crippen molar-refractivity contribution in [2.75, 3.05) is 18.6 Å². The summed E-state index contributed by atoms with van der Waals surface area (Å²) in [5.74, 6) is -0.400. The molecular formula is C32H29Cl2N3O5S2. The monoisotopic (exact) mass is 669 g/mol. The Morgan fingerprint density at radius 1 is 0.977 bits per heavy atom. The zero-order chi connectivity index (χ0) is 31.2.